The van der Waals surface area contributed by atoms with Crippen molar-refractivity contribution in [2.24, 2.45) is 11.8 Å². The third-order valence-corrected chi connectivity index (χ3v) is 3.91. The standard InChI is InChI=1S/C14H30N2/c1-5-13-8-7-9-16(10-13)11-14(12(3)4)15-6-2/h12-15H,5-11H2,1-4H3. The van der Waals surface area contributed by atoms with Crippen LogP contribution in [-0.4, -0.2) is 37.1 Å². The molecule has 1 aliphatic rings. The molecule has 0 bridgehead atoms. The molecule has 1 fully saturated rings. The van der Waals surface area contributed by atoms with Crippen LogP contribution in [0.25, 0.3) is 0 Å². The molecule has 2 heteroatoms. The third kappa shape index (κ3) is 4.42. The molecule has 96 valence electrons. The van der Waals surface area contributed by atoms with Gasteiger partial charge < -0.3 is 10.2 Å². The monoisotopic (exact) mass is 226 g/mol. The highest BCUT2D eigenvalue weighted by atomic mass is 15.2. The van der Waals surface area contributed by atoms with Crippen LogP contribution in [0.15, 0.2) is 0 Å². The Labute approximate surface area is 102 Å². The zero-order chi connectivity index (χ0) is 12.0. The smallest absolute Gasteiger partial charge is 0.0217 e. The summed E-state index contributed by atoms with van der Waals surface area (Å²) in [5.41, 5.74) is 0. The van der Waals surface area contributed by atoms with Crippen LogP contribution in [0.3, 0.4) is 0 Å². The molecule has 1 aliphatic heterocycles. The van der Waals surface area contributed by atoms with E-state index in [0.29, 0.717) is 6.04 Å². The Morgan fingerprint density at radius 2 is 2.06 bits per heavy atom. The largest absolute Gasteiger partial charge is 0.313 e. The van der Waals surface area contributed by atoms with Crippen LogP contribution in [0.4, 0.5) is 0 Å². The molecule has 0 radical (unpaired) electrons. The van der Waals surface area contributed by atoms with Crippen molar-refractivity contribution in [2.75, 3.05) is 26.2 Å². The fourth-order valence-electron chi connectivity index (χ4n) is 2.70. The van der Waals surface area contributed by atoms with Crippen molar-refractivity contribution in [2.45, 2.75) is 53.0 Å². The van der Waals surface area contributed by atoms with E-state index < -0.39 is 0 Å². The van der Waals surface area contributed by atoms with Gasteiger partial charge in [0.25, 0.3) is 0 Å². The lowest BCUT2D eigenvalue weighted by atomic mass is 9.94. The highest BCUT2D eigenvalue weighted by molar-refractivity contribution is 4.79. The minimum atomic E-state index is 0.667. The van der Waals surface area contributed by atoms with E-state index in [9.17, 15) is 0 Å². The van der Waals surface area contributed by atoms with Gasteiger partial charge in [0, 0.05) is 19.1 Å². The summed E-state index contributed by atoms with van der Waals surface area (Å²) in [6.07, 6.45) is 4.19. The number of hydrogen-bond donors (Lipinski definition) is 1. The maximum Gasteiger partial charge on any atom is 0.0217 e. The lowest BCUT2D eigenvalue weighted by Crippen LogP contribution is -2.47. The van der Waals surface area contributed by atoms with Crippen LogP contribution < -0.4 is 5.32 Å². The lowest BCUT2D eigenvalue weighted by Gasteiger charge is -2.36. The van der Waals surface area contributed by atoms with Gasteiger partial charge in [-0.2, -0.15) is 0 Å². The van der Waals surface area contributed by atoms with Gasteiger partial charge in [-0.1, -0.05) is 34.1 Å². The number of hydrogen-bond acceptors (Lipinski definition) is 2. The summed E-state index contributed by atoms with van der Waals surface area (Å²) in [7, 11) is 0. The Morgan fingerprint density at radius 1 is 1.31 bits per heavy atom. The summed E-state index contributed by atoms with van der Waals surface area (Å²) in [5.74, 6) is 1.69. The molecule has 0 aromatic heterocycles. The number of rotatable bonds is 6. The zero-order valence-electron chi connectivity index (χ0n) is 11.6. The molecule has 0 saturated carbocycles. The van der Waals surface area contributed by atoms with Gasteiger partial charge in [-0.05, 0) is 37.8 Å². The van der Waals surface area contributed by atoms with Gasteiger partial charge in [-0.25, -0.2) is 0 Å². The van der Waals surface area contributed by atoms with E-state index in [1.54, 1.807) is 0 Å². The highest BCUT2D eigenvalue weighted by Crippen LogP contribution is 2.19. The van der Waals surface area contributed by atoms with Gasteiger partial charge in [-0.15, -0.1) is 0 Å². The van der Waals surface area contributed by atoms with Crippen molar-refractivity contribution >= 4 is 0 Å². The van der Waals surface area contributed by atoms with E-state index in [2.05, 4.69) is 37.9 Å². The Bertz CT molecular complexity index is 180. The molecule has 0 aromatic rings. The van der Waals surface area contributed by atoms with Gasteiger partial charge >= 0.3 is 0 Å². The summed E-state index contributed by atoms with van der Waals surface area (Å²) >= 11 is 0. The molecule has 1 rings (SSSR count). The first-order chi connectivity index (χ1) is 7.67. The van der Waals surface area contributed by atoms with E-state index in [1.165, 1.54) is 38.9 Å². The van der Waals surface area contributed by atoms with Crippen LogP contribution >= 0.6 is 0 Å². The minimum Gasteiger partial charge on any atom is -0.313 e. The average Bonchev–Trinajstić information content (AvgIpc) is 2.28. The molecule has 0 amide bonds. The Kier molecular flexibility index (Phi) is 6.37. The number of likely N-dealkylation sites (tertiary alicyclic amines) is 1. The second-order valence-corrected chi connectivity index (χ2v) is 5.58. The predicted octanol–water partition coefficient (Wildman–Crippen LogP) is 2.74. The van der Waals surface area contributed by atoms with Gasteiger partial charge in [0.1, 0.15) is 0 Å². The van der Waals surface area contributed by atoms with Gasteiger partial charge in [0.05, 0.1) is 0 Å². The van der Waals surface area contributed by atoms with E-state index in [0.717, 1.165) is 18.4 Å². The molecule has 1 N–H and O–H groups in total. The molecular formula is C14H30N2. The van der Waals surface area contributed by atoms with Crippen molar-refractivity contribution in [1.82, 2.24) is 10.2 Å². The molecule has 16 heavy (non-hydrogen) atoms. The van der Waals surface area contributed by atoms with Crippen LogP contribution in [0.1, 0.15) is 47.0 Å². The molecule has 1 saturated heterocycles. The van der Waals surface area contributed by atoms with Crippen LogP contribution in [0.5, 0.6) is 0 Å². The molecule has 1 heterocycles. The van der Waals surface area contributed by atoms with Gasteiger partial charge in [-0.3, -0.25) is 0 Å². The number of piperidine rings is 1. The second kappa shape index (κ2) is 7.29. The Morgan fingerprint density at radius 3 is 2.62 bits per heavy atom. The summed E-state index contributed by atoms with van der Waals surface area (Å²) in [6, 6.07) is 0.667. The van der Waals surface area contributed by atoms with E-state index in [1.807, 2.05) is 0 Å². The molecule has 2 nitrogen and oxygen atoms in total. The van der Waals surface area contributed by atoms with E-state index in [4.69, 9.17) is 0 Å². The molecule has 2 atom stereocenters. The molecule has 0 spiro atoms. The lowest BCUT2D eigenvalue weighted by molar-refractivity contribution is 0.146. The van der Waals surface area contributed by atoms with Crippen LogP contribution in [-0.2, 0) is 0 Å². The Hall–Kier alpha value is -0.0800. The topological polar surface area (TPSA) is 15.3 Å². The van der Waals surface area contributed by atoms with E-state index >= 15 is 0 Å². The third-order valence-electron chi connectivity index (χ3n) is 3.91. The Balaban J connectivity index is 2.38. The van der Waals surface area contributed by atoms with Crippen molar-refractivity contribution < 1.29 is 0 Å². The van der Waals surface area contributed by atoms with Crippen molar-refractivity contribution in [3.05, 3.63) is 0 Å². The van der Waals surface area contributed by atoms with Crippen molar-refractivity contribution in [1.29, 1.82) is 0 Å². The van der Waals surface area contributed by atoms with Crippen LogP contribution in [0.2, 0.25) is 0 Å². The predicted molar refractivity (Wildman–Crippen MR) is 71.8 cm³/mol. The first-order valence-electron chi connectivity index (χ1n) is 7.13. The fourth-order valence-corrected chi connectivity index (χ4v) is 2.70. The minimum absolute atomic E-state index is 0.667. The summed E-state index contributed by atoms with van der Waals surface area (Å²) in [5, 5.41) is 3.62. The molecular weight excluding hydrogens is 196 g/mol. The first-order valence-corrected chi connectivity index (χ1v) is 7.13. The van der Waals surface area contributed by atoms with Gasteiger partial charge in [0.2, 0.25) is 0 Å². The summed E-state index contributed by atoms with van der Waals surface area (Å²) < 4.78 is 0. The van der Waals surface area contributed by atoms with Gasteiger partial charge in [0.15, 0.2) is 0 Å². The number of nitrogens with zero attached hydrogens (tertiary/aromatic N) is 1. The summed E-state index contributed by atoms with van der Waals surface area (Å²) in [4.78, 5) is 2.67. The SMILES string of the molecule is CCNC(CN1CCCC(CC)C1)C(C)C. The quantitative estimate of drug-likeness (QED) is 0.749. The number of nitrogens with one attached hydrogen (secondary N) is 1. The fraction of sp³-hybridized carbons (Fsp3) is 1.00. The zero-order valence-corrected chi connectivity index (χ0v) is 11.6. The maximum atomic E-state index is 3.62. The van der Waals surface area contributed by atoms with E-state index in [-0.39, 0.29) is 0 Å². The van der Waals surface area contributed by atoms with Crippen LogP contribution in [0, 0.1) is 11.8 Å². The highest BCUT2D eigenvalue weighted by Gasteiger charge is 2.22. The van der Waals surface area contributed by atoms with Crippen molar-refractivity contribution in [3.8, 4) is 0 Å². The maximum absolute atomic E-state index is 3.62. The second-order valence-electron chi connectivity index (χ2n) is 5.58. The number of likely N-dealkylation sites (N-methyl/N-ethyl adjacent to an activating group) is 1. The molecule has 0 aromatic carbocycles. The first kappa shape index (κ1) is 14.0. The average molecular weight is 226 g/mol. The summed E-state index contributed by atoms with van der Waals surface area (Å²) in [6.45, 7) is 14.2. The molecule has 2 unspecified atom stereocenters. The normalized spacial score (nSPS) is 24.9. The van der Waals surface area contributed by atoms with Crippen molar-refractivity contribution in [3.63, 3.8) is 0 Å². The molecule has 0 aliphatic carbocycles.